The number of ether oxygens (including phenoxy) is 1. The predicted molar refractivity (Wildman–Crippen MR) is 103 cm³/mol. The van der Waals surface area contributed by atoms with E-state index in [1.165, 1.54) is 7.11 Å². The summed E-state index contributed by atoms with van der Waals surface area (Å²) in [7, 11) is -0.333. The second-order valence-electron chi connectivity index (χ2n) is 6.33. The summed E-state index contributed by atoms with van der Waals surface area (Å²) in [4.78, 5) is 11.4. The topological polar surface area (TPSA) is 90.3 Å². The van der Waals surface area contributed by atoms with Crippen LogP contribution in [0, 0.1) is 6.92 Å². The summed E-state index contributed by atoms with van der Waals surface area (Å²) in [6, 6.07) is 12.1. The largest absolute Gasteiger partial charge is 0.465 e. The number of hydrogen-bond acceptors (Lipinski definition) is 5. The smallest absolute Gasteiger partial charge is 0.337 e. The van der Waals surface area contributed by atoms with E-state index in [4.69, 9.17) is 0 Å². The number of esters is 1. The lowest BCUT2D eigenvalue weighted by Crippen LogP contribution is -2.24. The molecule has 3 rings (SSSR count). The molecule has 0 aliphatic heterocycles. The Balaban J connectivity index is 1.68. The summed E-state index contributed by atoms with van der Waals surface area (Å²) >= 11 is 0. The van der Waals surface area contributed by atoms with Crippen molar-refractivity contribution in [1.29, 1.82) is 0 Å². The third kappa shape index (κ3) is 4.35. The molecule has 0 atom stereocenters. The molecule has 2 aromatic carbocycles. The van der Waals surface area contributed by atoms with E-state index in [2.05, 4.69) is 14.6 Å². The number of carbonyl (C=O) groups is 1. The molecular weight excluding hydrogens is 366 g/mol. The van der Waals surface area contributed by atoms with Gasteiger partial charge in [0.15, 0.2) is 0 Å². The van der Waals surface area contributed by atoms with Gasteiger partial charge < -0.3 is 4.74 Å². The molecule has 0 bridgehead atoms. The van der Waals surface area contributed by atoms with Crippen LogP contribution < -0.4 is 4.72 Å². The first-order valence-electron chi connectivity index (χ1n) is 8.36. The number of sulfonamides is 1. The van der Waals surface area contributed by atoms with Gasteiger partial charge in [-0.05, 0) is 42.3 Å². The number of methoxy groups -OCH3 is 1. The van der Waals surface area contributed by atoms with Gasteiger partial charge in [-0.3, -0.25) is 4.68 Å². The van der Waals surface area contributed by atoms with Gasteiger partial charge in [0.1, 0.15) is 0 Å². The Labute approximate surface area is 158 Å². The minimum atomic E-state index is -3.51. The van der Waals surface area contributed by atoms with E-state index in [1.807, 2.05) is 26.1 Å². The second-order valence-corrected chi connectivity index (χ2v) is 8.14. The van der Waals surface area contributed by atoms with E-state index in [-0.39, 0.29) is 12.3 Å². The molecule has 1 heterocycles. The van der Waals surface area contributed by atoms with Crippen molar-refractivity contribution in [3.63, 3.8) is 0 Å². The van der Waals surface area contributed by atoms with Gasteiger partial charge in [-0.25, -0.2) is 17.9 Å². The standard InChI is InChI=1S/C19H21N3O4S/c1-13-17-10-15(6-9-18(17)22(2)21-13)12-27(24,25)20-11-14-4-7-16(8-5-14)19(23)26-3/h4-10,20H,11-12H2,1-3H3. The zero-order chi connectivity index (χ0) is 19.6. The lowest BCUT2D eigenvalue weighted by molar-refractivity contribution is 0.0600. The fraction of sp³-hybridized carbons (Fsp3) is 0.263. The molecule has 0 amide bonds. The lowest BCUT2D eigenvalue weighted by Gasteiger charge is -2.08. The van der Waals surface area contributed by atoms with Gasteiger partial charge in [0.05, 0.1) is 29.6 Å². The number of nitrogens with zero attached hydrogens (tertiary/aromatic N) is 2. The molecule has 1 aromatic heterocycles. The van der Waals surface area contributed by atoms with E-state index in [1.54, 1.807) is 35.0 Å². The normalized spacial score (nSPS) is 11.7. The summed E-state index contributed by atoms with van der Waals surface area (Å²) in [6.45, 7) is 2.05. The van der Waals surface area contributed by atoms with Crippen LogP contribution in [0.2, 0.25) is 0 Å². The maximum Gasteiger partial charge on any atom is 0.337 e. The fourth-order valence-electron chi connectivity index (χ4n) is 2.92. The summed E-state index contributed by atoms with van der Waals surface area (Å²) in [6.07, 6.45) is 0. The molecule has 0 radical (unpaired) electrons. The molecule has 142 valence electrons. The van der Waals surface area contributed by atoms with Gasteiger partial charge in [0.25, 0.3) is 0 Å². The highest BCUT2D eigenvalue weighted by Crippen LogP contribution is 2.20. The van der Waals surface area contributed by atoms with Crippen LogP contribution in [0.4, 0.5) is 0 Å². The predicted octanol–water partition coefficient (Wildman–Crippen LogP) is 2.29. The summed E-state index contributed by atoms with van der Waals surface area (Å²) in [5.41, 5.74) is 3.71. The van der Waals surface area contributed by atoms with Crippen LogP contribution in [0.15, 0.2) is 42.5 Å². The molecule has 0 fully saturated rings. The summed E-state index contributed by atoms with van der Waals surface area (Å²) in [5.74, 6) is -0.541. The van der Waals surface area contributed by atoms with Crippen LogP contribution in [0.3, 0.4) is 0 Å². The highest BCUT2D eigenvalue weighted by Gasteiger charge is 2.14. The van der Waals surface area contributed by atoms with Crippen molar-refractivity contribution in [3.05, 3.63) is 64.8 Å². The van der Waals surface area contributed by atoms with Gasteiger partial charge in [-0.2, -0.15) is 5.10 Å². The van der Waals surface area contributed by atoms with Crippen LogP contribution in [0.25, 0.3) is 10.9 Å². The van der Waals surface area contributed by atoms with Gasteiger partial charge in [0.2, 0.25) is 10.0 Å². The molecule has 0 unspecified atom stereocenters. The number of aromatic nitrogens is 2. The van der Waals surface area contributed by atoms with E-state index in [0.29, 0.717) is 11.1 Å². The first kappa shape index (κ1) is 19.1. The molecule has 3 aromatic rings. The van der Waals surface area contributed by atoms with E-state index in [9.17, 15) is 13.2 Å². The summed E-state index contributed by atoms with van der Waals surface area (Å²) < 4.78 is 33.8. The van der Waals surface area contributed by atoms with Crippen molar-refractivity contribution in [3.8, 4) is 0 Å². The van der Waals surface area contributed by atoms with Crippen molar-refractivity contribution >= 4 is 26.9 Å². The first-order valence-corrected chi connectivity index (χ1v) is 10.0. The van der Waals surface area contributed by atoms with Crippen LogP contribution in [-0.2, 0) is 34.1 Å². The number of nitrogens with one attached hydrogen (secondary N) is 1. The Hall–Kier alpha value is -2.71. The Kier molecular flexibility index (Phi) is 5.29. The minimum absolute atomic E-state index is 0.114. The SMILES string of the molecule is COC(=O)c1ccc(CNS(=O)(=O)Cc2ccc3c(c2)c(C)nn3C)cc1. The molecule has 8 heteroatoms. The maximum atomic E-state index is 12.4. The molecular formula is C19H21N3O4S. The quantitative estimate of drug-likeness (QED) is 0.656. The number of fused-ring (bicyclic) bond motifs is 1. The highest BCUT2D eigenvalue weighted by atomic mass is 32.2. The number of benzene rings is 2. The van der Waals surface area contributed by atoms with Crippen LogP contribution in [0.5, 0.6) is 0 Å². The van der Waals surface area contributed by atoms with Gasteiger partial charge in [0, 0.05) is 19.0 Å². The average Bonchev–Trinajstić information content (AvgIpc) is 2.93. The van der Waals surface area contributed by atoms with Crippen molar-refractivity contribution < 1.29 is 17.9 Å². The van der Waals surface area contributed by atoms with Crippen LogP contribution in [0.1, 0.15) is 27.2 Å². The second kappa shape index (κ2) is 7.50. The number of hydrogen-bond donors (Lipinski definition) is 1. The maximum absolute atomic E-state index is 12.4. The molecule has 27 heavy (non-hydrogen) atoms. The lowest BCUT2D eigenvalue weighted by atomic mass is 10.1. The Morgan fingerprint density at radius 2 is 1.81 bits per heavy atom. The van der Waals surface area contributed by atoms with Crippen molar-refractivity contribution in [2.24, 2.45) is 7.05 Å². The van der Waals surface area contributed by atoms with E-state index in [0.717, 1.165) is 22.2 Å². The molecule has 0 saturated heterocycles. The van der Waals surface area contributed by atoms with Crippen molar-refractivity contribution in [2.75, 3.05) is 7.11 Å². The van der Waals surface area contributed by atoms with Crippen molar-refractivity contribution in [1.82, 2.24) is 14.5 Å². The first-order chi connectivity index (χ1) is 12.8. The molecule has 7 nitrogen and oxygen atoms in total. The van der Waals surface area contributed by atoms with Gasteiger partial charge >= 0.3 is 5.97 Å². The van der Waals surface area contributed by atoms with Crippen LogP contribution >= 0.6 is 0 Å². The zero-order valence-corrected chi connectivity index (χ0v) is 16.2. The molecule has 0 saturated carbocycles. The molecule has 1 N–H and O–H groups in total. The van der Waals surface area contributed by atoms with E-state index < -0.39 is 16.0 Å². The third-order valence-corrected chi connectivity index (χ3v) is 5.62. The highest BCUT2D eigenvalue weighted by molar-refractivity contribution is 7.88. The number of carbonyl (C=O) groups excluding carboxylic acids is 1. The Morgan fingerprint density at radius 3 is 2.48 bits per heavy atom. The molecule has 0 spiro atoms. The Morgan fingerprint density at radius 1 is 1.15 bits per heavy atom. The average molecular weight is 387 g/mol. The number of aryl methyl sites for hydroxylation is 2. The summed E-state index contributed by atoms with van der Waals surface area (Å²) in [5, 5.41) is 5.30. The molecule has 0 aliphatic carbocycles. The van der Waals surface area contributed by atoms with Gasteiger partial charge in [-0.15, -0.1) is 0 Å². The third-order valence-electron chi connectivity index (χ3n) is 4.33. The molecule has 0 aliphatic rings. The van der Waals surface area contributed by atoms with Gasteiger partial charge in [-0.1, -0.05) is 18.2 Å². The number of rotatable bonds is 6. The van der Waals surface area contributed by atoms with E-state index >= 15 is 0 Å². The monoisotopic (exact) mass is 387 g/mol. The zero-order valence-electron chi connectivity index (χ0n) is 15.4. The van der Waals surface area contributed by atoms with Crippen molar-refractivity contribution in [2.45, 2.75) is 19.2 Å². The Bertz CT molecular complexity index is 1090. The fourth-order valence-corrected chi connectivity index (χ4v) is 4.02. The van der Waals surface area contributed by atoms with Crippen LogP contribution in [-0.4, -0.2) is 31.3 Å². The minimum Gasteiger partial charge on any atom is -0.465 e.